The molecule has 1 fully saturated rings. The summed E-state index contributed by atoms with van der Waals surface area (Å²) >= 11 is 0. The number of hydrazine groups is 1. The first-order valence-corrected chi connectivity index (χ1v) is 5.97. The van der Waals surface area contributed by atoms with Gasteiger partial charge < -0.3 is 5.73 Å². The van der Waals surface area contributed by atoms with Gasteiger partial charge in [0.05, 0.1) is 18.2 Å². The van der Waals surface area contributed by atoms with Gasteiger partial charge in [-0.1, -0.05) is 19.1 Å². The van der Waals surface area contributed by atoms with Crippen molar-refractivity contribution >= 4 is 11.6 Å². The van der Waals surface area contributed by atoms with Crippen molar-refractivity contribution in [1.82, 2.24) is 5.01 Å². The lowest BCUT2D eigenvalue weighted by molar-refractivity contribution is -0.129. The van der Waals surface area contributed by atoms with Crippen LogP contribution in [0.4, 0.5) is 5.69 Å². The van der Waals surface area contributed by atoms with E-state index >= 15 is 0 Å². The van der Waals surface area contributed by atoms with Crippen LogP contribution >= 0.6 is 0 Å². The van der Waals surface area contributed by atoms with Gasteiger partial charge in [0.1, 0.15) is 0 Å². The summed E-state index contributed by atoms with van der Waals surface area (Å²) in [5.74, 6) is 0.250. The summed E-state index contributed by atoms with van der Waals surface area (Å²) < 4.78 is 0. The van der Waals surface area contributed by atoms with Gasteiger partial charge in [0.15, 0.2) is 0 Å². The molecule has 0 aromatic heterocycles. The second-order valence-corrected chi connectivity index (χ2v) is 4.55. The van der Waals surface area contributed by atoms with Crippen LogP contribution in [0.5, 0.6) is 0 Å². The van der Waals surface area contributed by atoms with Crippen LogP contribution in [-0.4, -0.2) is 31.1 Å². The Morgan fingerprint density at radius 2 is 2.00 bits per heavy atom. The van der Waals surface area contributed by atoms with Gasteiger partial charge in [-0.3, -0.25) is 14.8 Å². The molecule has 2 rings (SSSR count). The van der Waals surface area contributed by atoms with Gasteiger partial charge >= 0.3 is 0 Å². The molecule has 0 radical (unpaired) electrons. The Morgan fingerprint density at radius 3 is 2.47 bits per heavy atom. The van der Waals surface area contributed by atoms with Gasteiger partial charge in [0, 0.05) is 7.05 Å². The van der Waals surface area contributed by atoms with Gasteiger partial charge in [0.25, 0.3) is 0 Å². The first-order valence-electron chi connectivity index (χ1n) is 5.97. The highest BCUT2D eigenvalue weighted by atomic mass is 16.2. The minimum Gasteiger partial charge on any atom is -0.330 e. The van der Waals surface area contributed by atoms with E-state index in [4.69, 9.17) is 5.73 Å². The number of rotatable bonds is 3. The molecule has 1 aromatic carbocycles. The lowest BCUT2D eigenvalue weighted by Crippen LogP contribution is -2.35. The summed E-state index contributed by atoms with van der Waals surface area (Å²) in [4.78, 5) is 11.7. The van der Waals surface area contributed by atoms with Crippen LogP contribution in [0.25, 0.3) is 0 Å². The molecule has 1 atom stereocenters. The van der Waals surface area contributed by atoms with Crippen LogP contribution in [0, 0.1) is 5.92 Å². The maximum atomic E-state index is 11.7. The van der Waals surface area contributed by atoms with E-state index in [0.29, 0.717) is 6.54 Å². The summed E-state index contributed by atoms with van der Waals surface area (Å²) in [5, 5.41) is 3.71. The average molecular weight is 233 g/mol. The second-order valence-electron chi connectivity index (χ2n) is 4.55. The molecule has 17 heavy (non-hydrogen) atoms. The molecule has 0 saturated carbocycles. The fourth-order valence-corrected chi connectivity index (χ4v) is 2.18. The molecule has 0 spiro atoms. The van der Waals surface area contributed by atoms with Crippen LogP contribution in [0.2, 0.25) is 0 Å². The van der Waals surface area contributed by atoms with E-state index in [1.165, 1.54) is 5.56 Å². The Bertz CT molecular complexity index is 402. The molecular formula is C13H19N3O. The maximum Gasteiger partial charge on any atom is 0.245 e. The van der Waals surface area contributed by atoms with E-state index in [1.807, 2.05) is 31.1 Å². The predicted octanol–water partition coefficient (Wildman–Crippen LogP) is 1.02. The Kier molecular flexibility index (Phi) is 3.33. The van der Waals surface area contributed by atoms with Gasteiger partial charge in [-0.05, 0) is 30.7 Å². The van der Waals surface area contributed by atoms with E-state index in [9.17, 15) is 4.79 Å². The van der Waals surface area contributed by atoms with Crippen LogP contribution in [0.3, 0.4) is 0 Å². The quantitative estimate of drug-likeness (QED) is 0.848. The Hall–Kier alpha value is -1.55. The van der Waals surface area contributed by atoms with E-state index in [0.717, 1.165) is 18.7 Å². The summed E-state index contributed by atoms with van der Waals surface area (Å²) in [6.45, 7) is 3.38. The first-order chi connectivity index (χ1) is 8.13. The number of nitrogens with zero attached hydrogens (tertiary/aromatic N) is 2. The highest BCUT2D eigenvalue weighted by Gasteiger charge is 2.32. The zero-order valence-corrected chi connectivity index (χ0v) is 10.4. The Morgan fingerprint density at radius 1 is 1.35 bits per heavy atom. The third-order valence-electron chi connectivity index (χ3n) is 3.22. The lowest BCUT2D eigenvalue weighted by atomic mass is 10.1. The summed E-state index contributed by atoms with van der Waals surface area (Å²) in [5.41, 5.74) is 7.81. The van der Waals surface area contributed by atoms with Crippen LogP contribution in [0.15, 0.2) is 24.3 Å². The minimum absolute atomic E-state index is 0.0729. The number of carbonyl (C=O) groups is 1. The molecule has 1 aliphatic heterocycles. The van der Waals surface area contributed by atoms with Crippen LogP contribution < -0.4 is 10.7 Å². The third-order valence-corrected chi connectivity index (χ3v) is 3.22. The highest BCUT2D eigenvalue weighted by molar-refractivity contribution is 5.83. The van der Waals surface area contributed by atoms with Crippen molar-refractivity contribution in [2.75, 3.05) is 25.1 Å². The van der Waals surface area contributed by atoms with Gasteiger partial charge in [-0.15, -0.1) is 0 Å². The molecular weight excluding hydrogens is 214 g/mol. The summed E-state index contributed by atoms with van der Waals surface area (Å²) in [6, 6.07) is 8.24. The SMILES string of the molecule is CC1CN(c2ccc(CCN)cc2)N(C)C1=O. The molecule has 0 aliphatic carbocycles. The fourth-order valence-electron chi connectivity index (χ4n) is 2.18. The topological polar surface area (TPSA) is 49.6 Å². The number of hydrogen-bond donors (Lipinski definition) is 1. The van der Waals surface area contributed by atoms with E-state index in [1.54, 1.807) is 5.01 Å². The molecule has 4 heteroatoms. The largest absolute Gasteiger partial charge is 0.330 e. The predicted molar refractivity (Wildman–Crippen MR) is 68.5 cm³/mol. The fraction of sp³-hybridized carbons (Fsp3) is 0.462. The standard InChI is InChI=1S/C13H19N3O/c1-10-9-16(15(2)13(10)17)12-5-3-11(4-6-12)7-8-14/h3-6,10H,7-9,14H2,1-2H3. The number of benzene rings is 1. The molecule has 2 N–H and O–H groups in total. The van der Waals surface area contributed by atoms with Gasteiger partial charge in [-0.2, -0.15) is 0 Å². The molecule has 1 amide bonds. The number of anilines is 1. The molecule has 92 valence electrons. The van der Waals surface area contributed by atoms with E-state index < -0.39 is 0 Å². The normalized spacial score (nSPS) is 20.2. The second kappa shape index (κ2) is 4.75. The van der Waals surface area contributed by atoms with Crippen molar-refractivity contribution in [2.24, 2.45) is 11.7 Å². The summed E-state index contributed by atoms with van der Waals surface area (Å²) in [6.07, 6.45) is 0.894. The smallest absolute Gasteiger partial charge is 0.245 e. The van der Waals surface area contributed by atoms with E-state index in [-0.39, 0.29) is 11.8 Å². The monoisotopic (exact) mass is 233 g/mol. The molecule has 1 unspecified atom stereocenters. The van der Waals surface area contributed by atoms with Crippen LogP contribution in [0.1, 0.15) is 12.5 Å². The number of hydrogen-bond acceptors (Lipinski definition) is 3. The van der Waals surface area contributed by atoms with Crippen molar-refractivity contribution in [2.45, 2.75) is 13.3 Å². The average Bonchev–Trinajstić information content (AvgIpc) is 2.59. The van der Waals surface area contributed by atoms with Crippen molar-refractivity contribution in [3.8, 4) is 0 Å². The van der Waals surface area contributed by atoms with Crippen LogP contribution in [-0.2, 0) is 11.2 Å². The van der Waals surface area contributed by atoms with Gasteiger partial charge in [-0.25, -0.2) is 0 Å². The first kappa shape index (κ1) is 11.9. The number of carbonyl (C=O) groups excluding carboxylic acids is 1. The molecule has 0 bridgehead atoms. The number of amides is 1. The minimum atomic E-state index is 0.0729. The molecule has 4 nitrogen and oxygen atoms in total. The maximum absolute atomic E-state index is 11.7. The van der Waals surface area contributed by atoms with Crippen molar-refractivity contribution in [1.29, 1.82) is 0 Å². The number of nitrogens with two attached hydrogens (primary N) is 1. The van der Waals surface area contributed by atoms with Gasteiger partial charge in [0.2, 0.25) is 5.91 Å². The third kappa shape index (κ3) is 2.26. The molecule has 1 heterocycles. The molecule has 1 aromatic rings. The lowest BCUT2D eigenvalue weighted by Gasteiger charge is -2.26. The molecule has 1 saturated heterocycles. The van der Waals surface area contributed by atoms with Crippen molar-refractivity contribution in [3.63, 3.8) is 0 Å². The molecule has 1 aliphatic rings. The zero-order chi connectivity index (χ0) is 12.4. The Balaban J connectivity index is 2.15. The highest BCUT2D eigenvalue weighted by Crippen LogP contribution is 2.24. The van der Waals surface area contributed by atoms with Crippen molar-refractivity contribution < 1.29 is 4.79 Å². The van der Waals surface area contributed by atoms with E-state index in [2.05, 4.69) is 12.1 Å². The zero-order valence-electron chi connectivity index (χ0n) is 10.4. The Labute approximate surface area is 102 Å². The van der Waals surface area contributed by atoms with Crippen molar-refractivity contribution in [3.05, 3.63) is 29.8 Å². The summed E-state index contributed by atoms with van der Waals surface area (Å²) in [7, 11) is 1.82.